The first-order valence-electron chi connectivity index (χ1n) is 6.24. The Balaban J connectivity index is 2.34. The summed E-state index contributed by atoms with van der Waals surface area (Å²) in [5.74, 6) is -2.55. The number of halogens is 3. The van der Waals surface area contributed by atoms with Crippen molar-refractivity contribution < 1.29 is 13.2 Å². The van der Waals surface area contributed by atoms with Gasteiger partial charge in [-0.15, -0.1) is 0 Å². The van der Waals surface area contributed by atoms with Gasteiger partial charge in [0, 0.05) is 17.7 Å². The van der Waals surface area contributed by atoms with Gasteiger partial charge in [-0.3, -0.25) is 0 Å². The van der Waals surface area contributed by atoms with Crippen molar-refractivity contribution in [1.82, 2.24) is 5.32 Å². The maximum Gasteiger partial charge on any atom is 0.161 e. The molecule has 1 aromatic rings. The lowest BCUT2D eigenvalue weighted by Gasteiger charge is -2.21. The molecule has 4 heteroatoms. The van der Waals surface area contributed by atoms with Crippen LogP contribution in [0.5, 0.6) is 0 Å². The first-order chi connectivity index (χ1) is 8.36. The second kappa shape index (κ2) is 4.57. The van der Waals surface area contributed by atoms with Crippen molar-refractivity contribution in [3.05, 3.63) is 35.1 Å². The van der Waals surface area contributed by atoms with Crippen molar-refractivity contribution in [3.8, 4) is 0 Å². The monoisotopic (exact) mass is 257 g/mol. The van der Waals surface area contributed by atoms with Gasteiger partial charge in [-0.1, -0.05) is 20.8 Å². The second-order valence-corrected chi connectivity index (χ2v) is 5.62. The molecule has 1 aliphatic carbocycles. The van der Waals surface area contributed by atoms with Gasteiger partial charge in [0.1, 0.15) is 5.82 Å². The number of hydrogen-bond acceptors (Lipinski definition) is 1. The lowest BCUT2D eigenvalue weighted by molar-refractivity contribution is 0.402. The fourth-order valence-electron chi connectivity index (χ4n) is 2.54. The van der Waals surface area contributed by atoms with Gasteiger partial charge in [-0.2, -0.15) is 0 Å². The van der Waals surface area contributed by atoms with E-state index in [4.69, 9.17) is 0 Å². The molecule has 100 valence electrons. The summed E-state index contributed by atoms with van der Waals surface area (Å²) in [6, 6.07) is 1.36. The molecule has 0 radical (unpaired) electrons. The Labute approximate surface area is 105 Å². The highest BCUT2D eigenvalue weighted by molar-refractivity contribution is 5.26. The minimum atomic E-state index is -1.14. The highest BCUT2D eigenvalue weighted by Crippen LogP contribution is 2.57. The van der Waals surface area contributed by atoms with E-state index in [0.717, 1.165) is 12.5 Å². The predicted molar refractivity (Wildman–Crippen MR) is 64.6 cm³/mol. The van der Waals surface area contributed by atoms with E-state index >= 15 is 0 Å². The van der Waals surface area contributed by atoms with E-state index < -0.39 is 17.5 Å². The van der Waals surface area contributed by atoms with Gasteiger partial charge < -0.3 is 5.32 Å². The molecule has 1 aliphatic rings. The molecule has 0 amide bonds. The first-order valence-corrected chi connectivity index (χ1v) is 6.24. The van der Waals surface area contributed by atoms with Crippen LogP contribution in [0.1, 0.15) is 38.8 Å². The SMILES string of the molecule is CCNC(c1cc(F)c(F)cc1F)C1CC1(C)C. The Kier molecular flexibility index (Phi) is 3.41. The molecular weight excluding hydrogens is 239 g/mol. The van der Waals surface area contributed by atoms with Crippen molar-refractivity contribution in [2.24, 2.45) is 11.3 Å². The molecule has 0 aliphatic heterocycles. The Morgan fingerprint density at radius 3 is 2.28 bits per heavy atom. The fourth-order valence-corrected chi connectivity index (χ4v) is 2.54. The van der Waals surface area contributed by atoms with Crippen LogP contribution in [0.25, 0.3) is 0 Å². The van der Waals surface area contributed by atoms with Crippen molar-refractivity contribution in [2.45, 2.75) is 33.2 Å². The number of rotatable bonds is 4. The van der Waals surface area contributed by atoms with E-state index in [2.05, 4.69) is 19.2 Å². The molecule has 2 rings (SSSR count). The summed E-state index contributed by atoms with van der Waals surface area (Å²) in [7, 11) is 0. The molecule has 18 heavy (non-hydrogen) atoms. The zero-order valence-corrected chi connectivity index (χ0v) is 10.9. The highest BCUT2D eigenvalue weighted by atomic mass is 19.2. The molecule has 2 atom stereocenters. The van der Waals surface area contributed by atoms with Gasteiger partial charge in [0.2, 0.25) is 0 Å². The highest BCUT2D eigenvalue weighted by Gasteiger charge is 2.50. The largest absolute Gasteiger partial charge is 0.310 e. The molecule has 0 spiro atoms. The fraction of sp³-hybridized carbons (Fsp3) is 0.571. The zero-order chi connectivity index (χ0) is 13.5. The van der Waals surface area contributed by atoms with Gasteiger partial charge >= 0.3 is 0 Å². The molecule has 2 unspecified atom stereocenters. The van der Waals surface area contributed by atoms with Crippen LogP contribution < -0.4 is 5.32 Å². The average Bonchev–Trinajstić information content (AvgIpc) is 2.90. The van der Waals surface area contributed by atoms with Crippen molar-refractivity contribution in [1.29, 1.82) is 0 Å². The summed E-state index contributed by atoms with van der Waals surface area (Å²) < 4.78 is 40.0. The molecule has 0 heterocycles. The second-order valence-electron chi connectivity index (χ2n) is 5.62. The third-order valence-corrected chi connectivity index (χ3v) is 3.79. The molecule has 1 nitrogen and oxygen atoms in total. The average molecular weight is 257 g/mol. The third kappa shape index (κ3) is 2.39. The summed E-state index contributed by atoms with van der Waals surface area (Å²) in [5.41, 5.74) is 0.357. The smallest absolute Gasteiger partial charge is 0.161 e. The van der Waals surface area contributed by atoms with Crippen molar-refractivity contribution in [3.63, 3.8) is 0 Å². The van der Waals surface area contributed by atoms with E-state index in [1.807, 2.05) is 6.92 Å². The Morgan fingerprint density at radius 1 is 1.22 bits per heavy atom. The lowest BCUT2D eigenvalue weighted by atomic mass is 9.96. The third-order valence-electron chi connectivity index (χ3n) is 3.79. The van der Waals surface area contributed by atoms with Crippen LogP contribution in [0.15, 0.2) is 12.1 Å². The van der Waals surface area contributed by atoms with E-state index in [1.54, 1.807) is 0 Å². The summed E-state index contributed by atoms with van der Waals surface area (Å²) in [5, 5.41) is 3.17. The number of benzene rings is 1. The van der Waals surface area contributed by atoms with E-state index in [9.17, 15) is 13.2 Å². The summed E-state index contributed by atoms with van der Waals surface area (Å²) in [6.07, 6.45) is 0.961. The van der Waals surface area contributed by atoms with Crippen LogP contribution in [-0.2, 0) is 0 Å². The van der Waals surface area contributed by atoms with Crippen molar-refractivity contribution >= 4 is 0 Å². The van der Waals surface area contributed by atoms with Crippen LogP contribution in [0, 0.1) is 28.8 Å². The Hall–Kier alpha value is -1.03. The van der Waals surface area contributed by atoms with Gasteiger partial charge in [0.05, 0.1) is 0 Å². The van der Waals surface area contributed by atoms with Gasteiger partial charge in [0.15, 0.2) is 11.6 Å². The number of hydrogen-bond donors (Lipinski definition) is 1. The predicted octanol–water partition coefficient (Wildman–Crippen LogP) is 3.80. The maximum absolute atomic E-state index is 13.8. The standard InChI is InChI=1S/C14H18F3N/c1-4-18-13(9-7-14(9,2)3)8-5-11(16)12(17)6-10(8)15/h5-6,9,13,18H,4,7H2,1-3H3. The molecule has 1 fully saturated rings. The van der Waals surface area contributed by atoms with E-state index in [1.165, 1.54) is 0 Å². The van der Waals surface area contributed by atoms with Crippen LogP contribution in [0.4, 0.5) is 13.2 Å². The van der Waals surface area contributed by atoms with E-state index in [-0.39, 0.29) is 22.9 Å². The molecule has 1 N–H and O–H groups in total. The normalized spacial score (nSPS) is 22.9. The summed E-state index contributed by atoms with van der Waals surface area (Å²) >= 11 is 0. The first kappa shape index (κ1) is 13.4. The minimum Gasteiger partial charge on any atom is -0.310 e. The Morgan fingerprint density at radius 2 is 1.78 bits per heavy atom. The van der Waals surface area contributed by atoms with Gasteiger partial charge in [-0.05, 0) is 30.4 Å². The molecule has 1 aromatic carbocycles. The zero-order valence-electron chi connectivity index (χ0n) is 10.9. The molecular formula is C14H18F3N. The minimum absolute atomic E-state index is 0.129. The topological polar surface area (TPSA) is 12.0 Å². The van der Waals surface area contributed by atoms with Crippen molar-refractivity contribution in [2.75, 3.05) is 6.54 Å². The summed E-state index contributed by atoms with van der Waals surface area (Å²) in [4.78, 5) is 0. The molecule has 0 saturated heterocycles. The van der Waals surface area contributed by atoms with E-state index in [0.29, 0.717) is 12.6 Å². The molecule has 0 aromatic heterocycles. The molecule has 0 bridgehead atoms. The number of nitrogens with one attached hydrogen (secondary N) is 1. The van der Waals surface area contributed by atoms with Crippen LogP contribution >= 0.6 is 0 Å². The summed E-state index contributed by atoms with van der Waals surface area (Å²) in [6.45, 7) is 6.77. The lowest BCUT2D eigenvalue weighted by Crippen LogP contribution is -2.25. The van der Waals surface area contributed by atoms with Crippen LogP contribution in [0.2, 0.25) is 0 Å². The van der Waals surface area contributed by atoms with Crippen LogP contribution in [-0.4, -0.2) is 6.54 Å². The Bertz CT molecular complexity index is 457. The van der Waals surface area contributed by atoms with Gasteiger partial charge in [0.25, 0.3) is 0 Å². The molecule has 1 saturated carbocycles. The van der Waals surface area contributed by atoms with Gasteiger partial charge in [-0.25, -0.2) is 13.2 Å². The maximum atomic E-state index is 13.8. The quantitative estimate of drug-likeness (QED) is 0.809. The van der Waals surface area contributed by atoms with Crippen LogP contribution in [0.3, 0.4) is 0 Å².